The Bertz CT molecular complexity index is 828. The Morgan fingerprint density at radius 2 is 1.86 bits per heavy atom. The number of aryl methyl sites for hydroxylation is 1. The average Bonchev–Trinajstić information content (AvgIpc) is 2.79. The molecule has 2 aliphatic heterocycles. The maximum atomic E-state index is 12.8. The van der Waals surface area contributed by atoms with Crippen molar-refractivity contribution >= 4 is 35.2 Å². The van der Waals surface area contributed by atoms with Gasteiger partial charge in [-0.3, -0.25) is 9.69 Å². The van der Waals surface area contributed by atoms with Crippen LogP contribution in [0.1, 0.15) is 5.56 Å². The standard InChI is InChI=1S/C17H13N3O2/c1-11-5-4-6-12(9-11)19-16(21)15-10-18-13-7-2-3-8-14(13)20(15)17(19)22/h2-10,15H,1H3/p+1. The van der Waals surface area contributed by atoms with E-state index >= 15 is 0 Å². The van der Waals surface area contributed by atoms with E-state index in [-0.39, 0.29) is 11.9 Å². The van der Waals surface area contributed by atoms with E-state index < -0.39 is 6.04 Å². The van der Waals surface area contributed by atoms with E-state index in [2.05, 4.69) is 4.99 Å². The number of nitrogens with one attached hydrogen (secondary N) is 1. The first-order valence-corrected chi connectivity index (χ1v) is 7.09. The molecule has 0 radical (unpaired) electrons. The number of amides is 3. The molecule has 2 aliphatic rings. The highest BCUT2D eigenvalue weighted by Gasteiger charge is 2.50. The second-order valence-electron chi connectivity index (χ2n) is 5.44. The molecule has 22 heavy (non-hydrogen) atoms. The normalized spacial score (nSPS) is 19.4. The van der Waals surface area contributed by atoms with Gasteiger partial charge < -0.3 is 0 Å². The van der Waals surface area contributed by atoms with Gasteiger partial charge in [-0.2, -0.15) is 0 Å². The van der Waals surface area contributed by atoms with Gasteiger partial charge in [-0.1, -0.05) is 24.3 Å². The maximum absolute atomic E-state index is 12.8. The van der Waals surface area contributed by atoms with Crippen LogP contribution >= 0.6 is 0 Å². The maximum Gasteiger partial charge on any atom is 0.337 e. The van der Waals surface area contributed by atoms with E-state index in [0.717, 1.165) is 16.9 Å². The largest absolute Gasteiger partial charge is 0.337 e. The molecule has 2 aromatic carbocycles. The quantitative estimate of drug-likeness (QED) is 0.801. The minimum absolute atomic E-state index is 0.238. The van der Waals surface area contributed by atoms with Gasteiger partial charge in [0.1, 0.15) is 5.69 Å². The van der Waals surface area contributed by atoms with Gasteiger partial charge in [-0.05, 0) is 30.7 Å². The van der Waals surface area contributed by atoms with Crippen molar-refractivity contribution < 1.29 is 14.6 Å². The third kappa shape index (κ3) is 1.69. The number of urea groups is 1. The molecular formula is C17H14N3O2+. The Morgan fingerprint density at radius 3 is 2.68 bits per heavy atom. The Labute approximate surface area is 127 Å². The Balaban J connectivity index is 1.83. The molecule has 0 spiro atoms. The first-order chi connectivity index (χ1) is 10.7. The summed E-state index contributed by atoms with van der Waals surface area (Å²) in [6.45, 7) is 1.94. The molecule has 2 heterocycles. The number of benzene rings is 2. The molecule has 4 rings (SSSR count). The fraction of sp³-hybridized carbons (Fsp3) is 0.118. The van der Waals surface area contributed by atoms with E-state index in [1.165, 1.54) is 9.80 Å². The second-order valence-corrected chi connectivity index (χ2v) is 5.44. The van der Waals surface area contributed by atoms with Crippen LogP contribution in [0.5, 0.6) is 0 Å². The van der Waals surface area contributed by atoms with Gasteiger partial charge >= 0.3 is 6.03 Å². The van der Waals surface area contributed by atoms with Crippen molar-refractivity contribution in [2.45, 2.75) is 13.0 Å². The van der Waals surface area contributed by atoms with Crippen LogP contribution in [0, 0.1) is 6.92 Å². The van der Waals surface area contributed by atoms with Crippen LogP contribution in [0.3, 0.4) is 0 Å². The molecule has 1 fully saturated rings. The highest BCUT2D eigenvalue weighted by atomic mass is 16.2. The first kappa shape index (κ1) is 12.8. The number of hydrogen-bond donors (Lipinski definition) is 1. The lowest BCUT2D eigenvalue weighted by Gasteiger charge is -2.20. The molecule has 2 aromatic rings. The monoisotopic (exact) mass is 292 g/mol. The van der Waals surface area contributed by atoms with Gasteiger partial charge in [0.25, 0.3) is 5.91 Å². The van der Waals surface area contributed by atoms with E-state index in [0.29, 0.717) is 5.69 Å². The number of para-hydroxylation sites is 2. The fourth-order valence-corrected chi connectivity index (χ4v) is 2.94. The zero-order valence-electron chi connectivity index (χ0n) is 12.0. The van der Waals surface area contributed by atoms with E-state index in [9.17, 15) is 9.59 Å². The number of rotatable bonds is 1. The van der Waals surface area contributed by atoms with E-state index in [1.807, 2.05) is 49.4 Å². The molecular weight excluding hydrogens is 278 g/mol. The van der Waals surface area contributed by atoms with Crippen molar-refractivity contribution in [2.75, 3.05) is 9.80 Å². The predicted molar refractivity (Wildman–Crippen MR) is 83.5 cm³/mol. The molecule has 108 valence electrons. The second kappa shape index (κ2) is 4.53. The lowest BCUT2D eigenvalue weighted by molar-refractivity contribution is -0.350. The summed E-state index contributed by atoms with van der Waals surface area (Å²) >= 11 is 0. The molecule has 5 heteroatoms. The molecule has 0 saturated carbocycles. The van der Waals surface area contributed by atoms with E-state index in [1.54, 1.807) is 12.3 Å². The van der Waals surface area contributed by atoms with Crippen LogP contribution in [-0.4, -0.2) is 24.2 Å². The summed E-state index contributed by atoms with van der Waals surface area (Å²) in [6.07, 6.45) is 1.67. The van der Waals surface area contributed by atoms with Crippen molar-refractivity contribution in [3.63, 3.8) is 0 Å². The fourth-order valence-electron chi connectivity index (χ4n) is 2.94. The number of hydrogen-bond acceptors (Lipinski definition) is 2. The van der Waals surface area contributed by atoms with Gasteiger partial charge in [0, 0.05) is 6.07 Å². The molecule has 3 amide bonds. The molecule has 0 aliphatic carbocycles. The highest BCUT2D eigenvalue weighted by Crippen LogP contribution is 2.33. The number of anilines is 2. The topological polar surface area (TPSA) is 54.6 Å². The average molecular weight is 292 g/mol. The number of nitrogens with zero attached hydrogens (tertiary/aromatic N) is 2. The van der Waals surface area contributed by atoms with Gasteiger partial charge in [0.15, 0.2) is 12.3 Å². The third-order valence-electron chi connectivity index (χ3n) is 3.97. The minimum Gasteiger partial charge on any atom is -0.271 e. The number of fused-ring (bicyclic) bond motifs is 3. The molecule has 1 unspecified atom stereocenters. The summed E-state index contributed by atoms with van der Waals surface area (Å²) in [5.74, 6) is -0.238. The van der Waals surface area contributed by atoms with Crippen molar-refractivity contribution in [3.8, 4) is 0 Å². The van der Waals surface area contributed by atoms with Crippen molar-refractivity contribution in [3.05, 3.63) is 54.1 Å². The van der Waals surface area contributed by atoms with Crippen molar-refractivity contribution in [1.29, 1.82) is 0 Å². The number of imide groups is 1. The van der Waals surface area contributed by atoms with Crippen LogP contribution in [-0.2, 0) is 4.79 Å². The first-order valence-electron chi connectivity index (χ1n) is 7.09. The molecule has 5 nitrogen and oxygen atoms in total. The Morgan fingerprint density at radius 1 is 1.05 bits per heavy atom. The summed E-state index contributed by atoms with van der Waals surface area (Å²) < 4.78 is 0. The summed E-state index contributed by atoms with van der Waals surface area (Å²) in [5, 5.41) is 0. The number of carbonyl (C=O) groups is 2. The van der Waals surface area contributed by atoms with Crippen LogP contribution < -0.4 is 14.8 Å². The third-order valence-corrected chi connectivity index (χ3v) is 3.97. The summed E-state index contributed by atoms with van der Waals surface area (Å²) in [5.41, 5.74) is 3.16. The molecule has 1 atom stereocenters. The summed E-state index contributed by atoms with van der Waals surface area (Å²) in [4.78, 5) is 31.4. The predicted octanol–water partition coefficient (Wildman–Crippen LogP) is 1.13. The van der Waals surface area contributed by atoms with Crippen LogP contribution in [0.2, 0.25) is 0 Å². The summed E-state index contributed by atoms with van der Waals surface area (Å²) in [7, 11) is 0. The van der Waals surface area contributed by atoms with Gasteiger partial charge in [0.2, 0.25) is 5.69 Å². The molecule has 1 N–H and O–H groups in total. The zero-order valence-corrected chi connectivity index (χ0v) is 12.0. The van der Waals surface area contributed by atoms with Gasteiger partial charge in [0.05, 0.1) is 5.69 Å². The zero-order chi connectivity index (χ0) is 15.3. The van der Waals surface area contributed by atoms with E-state index in [4.69, 9.17) is 0 Å². The SMILES string of the molecule is Cc1cccc(N2C(=O)C3C=[NH+]c4ccccc4N3C2=O)c1. The van der Waals surface area contributed by atoms with Crippen LogP contribution in [0.4, 0.5) is 21.9 Å². The molecule has 0 bridgehead atoms. The number of carbonyl (C=O) groups excluding carboxylic acids is 2. The summed E-state index contributed by atoms with van der Waals surface area (Å²) in [6, 6.07) is 13.9. The van der Waals surface area contributed by atoms with Crippen molar-refractivity contribution in [1.82, 2.24) is 0 Å². The van der Waals surface area contributed by atoms with Crippen molar-refractivity contribution in [2.24, 2.45) is 0 Å². The minimum atomic E-state index is -0.608. The highest BCUT2D eigenvalue weighted by molar-refractivity contribution is 6.33. The van der Waals surface area contributed by atoms with Gasteiger partial charge in [-0.25, -0.2) is 14.7 Å². The Kier molecular flexibility index (Phi) is 2.63. The molecule has 0 aromatic heterocycles. The Hall–Kier alpha value is -2.95. The lowest BCUT2D eigenvalue weighted by Crippen LogP contribution is -2.69. The van der Waals surface area contributed by atoms with Crippen LogP contribution in [0.25, 0.3) is 0 Å². The van der Waals surface area contributed by atoms with Crippen LogP contribution in [0.15, 0.2) is 48.5 Å². The molecule has 1 saturated heterocycles. The van der Waals surface area contributed by atoms with Gasteiger partial charge in [-0.15, -0.1) is 0 Å². The smallest absolute Gasteiger partial charge is 0.271 e. The lowest BCUT2D eigenvalue weighted by atomic mass is 10.1.